The maximum absolute atomic E-state index is 4.68. The Bertz CT molecular complexity index is 1910. The van der Waals surface area contributed by atoms with Crippen molar-refractivity contribution in [2.75, 3.05) is 0 Å². The molecule has 0 N–H and O–H groups in total. The first-order valence-electron chi connectivity index (χ1n) is 11.7. The molecule has 0 bridgehead atoms. The second-order valence-corrected chi connectivity index (χ2v) is 15.6. The van der Waals surface area contributed by atoms with E-state index in [1.54, 1.807) is 45.3 Å². The highest BCUT2D eigenvalue weighted by Gasteiger charge is 2.14. The minimum Gasteiger partial charge on any atom is -0.249 e. The number of aryl methyl sites for hydroxylation is 2. The number of nitrogens with zero attached hydrogens (tertiary/aromatic N) is 4. The molecule has 0 atom stereocenters. The van der Waals surface area contributed by atoms with Crippen molar-refractivity contribution in [3.8, 4) is 39.3 Å². The van der Waals surface area contributed by atoms with Crippen LogP contribution in [0.2, 0.25) is 0 Å². The van der Waals surface area contributed by atoms with Crippen LogP contribution in [0.15, 0.2) is 61.2 Å². The van der Waals surface area contributed by atoms with Crippen LogP contribution < -0.4 is 0 Å². The maximum atomic E-state index is 4.68. The Morgan fingerprint density at radius 2 is 0.842 bits per heavy atom. The molecule has 0 saturated heterocycles. The van der Waals surface area contributed by atoms with Crippen molar-refractivity contribution in [2.24, 2.45) is 0 Å². The van der Waals surface area contributed by atoms with Gasteiger partial charge in [0.05, 0.1) is 29.5 Å². The lowest BCUT2D eigenvalue weighted by Crippen LogP contribution is -1.72. The van der Waals surface area contributed by atoms with E-state index in [-0.39, 0.29) is 0 Å². The van der Waals surface area contributed by atoms with E-state index in [1.807, 2.05) is 61.3 Å². The molecule has 0 aliphatic heterocycles. The number of thiophene rings is 2. The normalized spacial score (nSPS) is 11.9. The molecular weight excluding hydrogens is 585 g/mol. The first-order valence-corrected chi connectivity index (χ1v) is 16.6. The molecule has 0 fully saturated rings. The molecule has 6 aromatic heterocycles. The molecule has 0 amide bonds. The van der Waals surface area contributed by atoms with Gasteiger partial charge in [-0.1, -0.05) is 0 Å². The molecule has 184 valence electrons. The highest BCUT2D eigenvalue weighted by molar-refractivity contribution is 7.29. The number of benzene rings is 2. The molecule has 0 saturated carbocycles. The number of rotatable bonds is 4. The summed E-state index contributed by atoms with van der Waals surface area (Å²) < 4.78 is 2.61. The lowest BCUT2D eigenvalue weighted by atomic mass is 10.1. The fourth-order valence-corrected chi connectivity index (χ4v) is 10.3. The van der Waals surface area contributed by atoms with E-state index < -0.39 is 0 Å². The second kappa shape index (κ2) is 8.84. The SMILES string of the molecule is Cc1ncc(-c2ncc(-c3cc4cc5cc6sc(-c7cnc(-c8cnc(C)s8)s7)cc6cc5cc4s3)s2)s1. The van der Waals surface area contributed by atoms with Crippen LogP contribution in [-0.4, -0.2) is 19.9 Å². The molecule has 0 unspecified atom stereocenters. The molecule has 0 aliphatic rings. The van der Waals surface area contributed by atoms with Gasteiger partial charge in [-0.2, -0.15) is 0 Å². The van der Waals surface area contributed by atoms with Gasteiger partial charge in [-0.25, -0.2) is 19.9 Å². The second-order valence-electron chi connectivity index (χ2n) is 8.89. The summed E-state index contributed by atoms with van der Waals surface area (Å²) >= 11 is 10.5. The molecule has 0 spiro atoms. The van der Waals surface area contributed by atoms with Gasteiger partial charge in [0.1, 0.15) is 10.0 Å². The number of thiazole rings is 4. The van der Waals surface area contributed by atoms with Crippen molar-refractivity contribution < 1.29 is 0 Å². The van der Waals surface area contributed by atoms with Crippen molar-refractivity contribution in [1.29, 1.82) is 0 Å². The zero-order valence-corrected chi connectivity index (χ0v) is 24.9. The van der Waals surface area contributed by atoms with Crippen LogP contribution in [-0.2, 0) is 0 Å². The van der Waals surface area contributed by atoms with Crippen molar-refractivity contribution in [3.63, 3.8) is 0 Å². The molecule has 2 aromatic carbocycles. The van der Waals surface area contributed by atoms with Gasteiger partial charge in [-0.3, -0.25) is 0 Å². The van der Waals surface area contributed by atoms with Crippen molar-refractivity contribution in [3.05, 3.63) is 71.2 Å². The van der Waals surface area contributed by atoms with Crippen LogP contribution in [0, 0.1) is 13.8 Å². The zero-order valence-electron chi connectivity index (χ0n) is 20.0. The largest absolute Gasteiger partial charge is 0.249 e. The van der Waals surface area contributed by atoms with E-state index in [4.69, 9.17) is 0 Å². The minimum absolute atomic E-state index is 1.04. The smallest absolute Gasteiger partial charge is 0.135 e. The molecule has 4 nitrogen and oxygen atoms in total. The predicted molar refractivity (Wildman–Crippen MR) is 169 cm³/mol. The van der Waals surface area contributed by atoms with Gasteiger partial charge in [0, 0.05) is 43.9 Å². The highest BCUT2D eigenvalue weighted by Crippen LogP contribution is 2.43. The quantitative estimate of drug-likeness (QED) is 0.202. The Morgan fingerprint density at radius 1 is 0.395 bits per heavy atom. The summed E-state index contributed by atoms with van der Waals surface area (Å²) in [6.45, 7) is 4.06. The highest BCUT2D eigenvalue weighted by atomic mass is 32.1. The summed E-state index contributed by atoms with van der Waals surface area (Å²) in [4.78, 5) is 25.3. The molecule has 8 rings (SSSR count). The molecular formula is C28H16N4S6. The molecule has 0 aliphatic carbocycles. The van der Waals surface area contributed by atoms with E-state index in [0.717, 1.165) is 29.8 Å². The average Bonchev–Trinajstić information content (AvgIpc) is 3.71. The summed E-state index contributed by atoms with van der Waals surface area (Å²) in [6.07, 6.45) is 7.84. The first-order chi connectivity index (χ1) is 18.6. The topological polar surface area (TPSA) is 51.6 Å². The third-order valence-corrected chi connectivity index (χ3v) is 13.0. The average molecular weight is 601 g/mol. The van der Waals surface area contributed by atoms with Crippen LogP contribution in [0.4, 0.5) is 0 Å². The fraction of sp³-hybridized carbons (Fsp3) is 0.0714. The van der Waals surface area contributed by atoms with Gasteiger partial charge >= 0.3 is 0 Å². The lowest BCUT2D eigenvalue weighted by molar-refractivity contribution is 1.30. The maximum Gasteiger partial charge on any atom is 0.135 e. The summed E-state index contributed by atoms with van der Waals surface area (Å²) in [5, 5.41) is 9.34. The molecule has 38 heavy (non-hydrogen) atoms. The van der Waals surface area contributed by atoms with Gasteiger partial charge in [-0.15, -0.1) is 68.0 Å². The van der Waals surface area contributed by atoms with Crippen LogP contribution in [0.1, 0.15) is 10.0 Å². The standard InChI is InChI=1S/C28H16N4S6/c1-13-29-11-25(33-13)27-31-9-23(37-27)21-7-17-3-15-6-20-18(4-16(15)5-19(17)35-21)8-22(36-20)24-10-32-28(38-24)26-12-30-14(2)34-26/h3-12H,1-2H3. The van der Waals surface area contributed by atoms with E-state index in [2.05, 4.69) is 56.3 Å². The third kappa shape index (κ3) is 3.95. The Morgan fingerprint density at radius 3 is 1.26 bits per heavy atom. The monoisotopic (exact) mass is 600 g/mol. The molecule has 8 aromatic rings. The van der Waals surface area contributed by atoms with Crippen LogP contribution >= 0.6 is 68.0 Å². The summed E-state index contributed by atoms with van der Waals surface area (Å²) in [6, 6.07) is 13.9. The summed E-state index contributed by atoms with van der Waals surface area (Å²) in [7, 11) is 0. The predicted octanol–water partition coefficient (Wildman–Crippen LogP) is 10.4. The lowest BCUT2D eigenvalue weighted by Gasteiger charge is -1.99. The molecule has 10 heteroatoms. The number of hydrogen-bond acceptors (Lipinski definition) is 10. The van der Waals surface area contributed by atoms with Crippen LogP contribution in [0.25, 0.3) is 70.2 Å². The van der Waals surface area contributed by atoms with Gasteiger partial charge in [0.2, 0.25) is 0 Å². The fourth-order valence-electron chi connectivity index (χ4n) is 4.49. The molecule has 6 heterocycles. The van der Waals surface area contributed by atoms with Crippen molar-refractivity contribution >= 4 is 99.0 Å². The first kappa shape index (κ1) is 23.1. The van der Waals surface area contributed by atoms with E-state index in [1.165, 1.54) is 50.5 Å². The van der Waals surface area contributed by atoms with Crippen LogP contribution in [0.5, 0.6) is 0 Å². The van der Waals surface area contributed by atoms with Gasteiger partial charge < -0.3 is 0 Å². The van der Waals surface area contributed by atoms with Gasteiger partial charge in [0.25, 0.3) is 0 Å². The summed E-state index contributed by atoms with van der Waals surface area (Å²) in [5.74, 6) is 0. The van der Waals surface area contributed by atoms with Crippen molar-refractivity contribution in [1.82, 2.24) is 19.9 Å². The third-order valence-electron chi connectivity index (χ3n) is 6.27. The Hall–Kier alpha value is -2.86. The molecule has 0 radical (unpaired) electrons. The van der Waals surface area contributed by atoms with Gasteiger partial charge in [-0.05, 0) is 71.8 Å². The van der Waals surface area contributed by atoms with Crippen molar-refractivity contribution in [2.45, 2.75) is 13.8 Å². The summed E-state index contributed by atoms with van der Waals surface area (Å²) in [5.41, 5.74) is 0. The Labute approximate surface area is 241 Å². The van der Waals surface area contributed by atoms with E-state index in [9.17, 15) is 0 Å². The van der Waals surface area contributed by atoms with E-state index in [0.29, 0.717) is 0 Å². The number of fused-ring (bicyclic) bond motifs is 3. The number of aromatic nitrogens is 4. The zero-order chi connectivity index (χ0) is 25.4. The Kier molecular flexibility index (Phi) is 5.36. The number of hydrogen-bond donors (Lipinski definition) is 0. The minimum atomic E-state index is 1.04. The van der Waals surface area contributed by atoms with E-state index >= 15 is 0 Å². The van der Waals surface area contributed by atoms with Gasteiger partial charge in [0.15, 0.2) is 0 Å². The van der Waals surface area contributed by atoms with Crippen LogP contribution in [0.3, 0.4) is 0 Å². The Balaban J connectivity index is 1.15.